The Labute approximate surface area is 242 Å². The maximum atomic E-state index is 14.3. The minimum Gasteiger partial charge on any atom is -0.496 e. The molecule has 1 N–H and O–H groups in total. The van der Waals surface area contributed by atoms with Crippen molar-refractivity contribution in [3.63, 3.8) is 0 Å². The van der Waals surface area contributed by atoms with E-state index in [1.807, 2.05) is 13.8 Å². The molecular formula is C29H21Cl2F3N4O3. The van der Waals surface area contributed by atoms with Gasteiger partial charge in [0.25, 0.3) is 11.8 Å². The summed E-state index contributed by atoms with van der Waals surface area (Å²) in [6, 6.07) is 14.1. The van der Waals surface area contributed by atoms with Gasteiger partial charge in [-0.1, -0.05) is 35.3 Å². The molecule has 3 heterocycles. The Bertz CT molecular complexity index is 1770. The van der Waals surface area contributed by atoms with Crippen molar-refractivity contribution in [1.29, 1.82) is 0 Å². The van der Waals surface area contributed by atoms with Crippen LogP contribution >= 0.6 is 23.2 Å². The summed E-state index contributed by atoms with van der Waals surface area (Å²) < 4.78 is 47.5. The number of nitrogens with zero attached hydrogens (tertiary/aromatic N) is 3. The van der Waals surface area contributed by atoms with E-state index in [9.17, 15) is 22.8 Å². The lowest BCUT2D eigenvalue weighted by Gasteiger charge is -2.35. The van der Waals surface area contributed by atoms with E-state index in [-0.39, 0.29) is 34.6 Å². The van der Waals surface area contributed by atoms with E-state index in [2.05, 4.69) is 10.3 Å². The molecule has 6 rings (SSSR count). The number of rotatable bonds is 4. The van der Waals surface area contributed by atoms with Crippen LogP contribution in [-0.4, -0.2) is 28.5 Å². The van der Waals surface area contributed by atoms with Gasteiger partial charge in [-0.15, -0.1) is 0 Å². The number of methoxy groups -OCH3 is 1. The maximum Gasteiger partial charge on any atom is 0.416 e. The summed E-state index contributed by atoms with van der Waals surface area (Å²) in [5.41, 5.74) is -0.883. The van der Waals surface area contributed by atoms with Gasteiger partial charge in [0.2, 0.25) is 0 Å². The van der Waals surface area contributed by atoms with Gasteiger partial charge < -0.3 is 14.6 Å². The summed E-state index contributed by atoms with van der Waals surface area (Å²) in [5.74, 6) is -0.993. The molecule has 12 heteroatoms. The monoisotopic (exact) mass is 600 g/mol. The fourth-order valence-corrected chi connectivity index (χ4v) is 6.05. The lowest BCUT2D eigenvalue weighted by atomic mass is 9.87. The van der Waals surface area contributed by atoms with Gasteiger partial charge in [-0.25, -0.2) is 4.98 Å². The van der Waals surface area contributed by atoms with Crippen molar-refractivity contribution in [1.82, 2.24) is 9.55 Å². The molecule has 0 saturated carbocycles. The van der Waals surface area contributed by atoms with E-state index >= 15 is 0 Å². The molecule has 2 aliphatic heterocycles. The summed E-state index contributed by atoms with van der Waals surface area (Å²) in [6.45, 7) is 3.66. The number of imidazole rings is 1. The lowest BCUT2D eigenvalue weighted by molar-refractivity contribution is -0.137. The summed E-state index contributed by atoms with van der Waals surface area (Å²) >= 11 is 12.6. The molecule has 2 amide bonds. The number of halogens is 5. The SMILES string of the molecule is COc1cc(C(F)(F)F)ccc1-c1nc2c(n1C(C)C)[C@@]1(C(=O)Nc3cc(Cl)ccc31)N(c1cccc(Cl)c1)C2=O. The first kappa shape index (κ1) is 27.2. The Morgan fingerprint density at radius 3 is 2.39 bits per heavy atom. The molecule has 1 aromatic heterocycles. The summed E-state index contributed by atoms with van der Waals surface area (Å²) in [7, 11) is 1.26. The minimum absolute atomic E-state index is 0.0198. The van der Waals surface area contributed by atoms with Crippen molar-refractivity contribution in [2.45, 2.75) is 31.6 Å². The molecule has 41 heavy (non-hydrogen) atoms. The Morgan fingerprint density at radius 2 is 1.73 bits per heavy atom. The van der Waals surface area contributed by atoms with E-state index in [4.69, 9.17) is 27.9 Å². The number of anilines is 2. The number of carbonyl (C=O) groups is 2. The molecule has 3 aromatic carbocycles. The second kappa shape index (κ2) is 9.25. The van der Waals surface area contributed by atoms with Gasteiger partial charge in [0.15, 0.2) is 11.2 Å². The normalized spacial score (nSPS) is 17.8. The summed E-state index contributed by atoms with van der Waals surface area (Å²) in [4.78, 5) is 34.5. The van der Waals surface area contributed by atoms with Crippen LogP contribution < -0.4 is 15.0 Å². The van der Waals surface area contributed by atoms with Crippen LogP contribution in [0.15, 0.2) is 60.7 Å². The standard InChI is InChI=1S/C29H21Cl2F3N4O3/c1-14(2)37-24-23(36-25(37)19-9-7-15(29(32,33)34)11-22(19)41-3)26(39)38(18-6-4-5-16(30)12-18)28(24)20-10-8-17(31)13-21(20)35-27(28)40/h4-14H,1-3H3,(H,35,40)/t28-/m0/s1. The van der Waals surface area contributed by atoms with Crippen LogP contribution in [0.1, 0.15) is 47.2 Å². The number of hydrogen-bond donors (Lipinski definition) is 1. The van der Waals surface area contributed by atoms with Gasteiger partial charge in [0.05, 0.1) is 23.9 Å². The molecule has 1 atom stereocenters. The molecule has 0 bridgehead atoms. The van der Waals surface area contributed by atoms with Crippen molar-refractivity contribution >= 4 is 46.4 Å². The molecule has 0 unspecified atom stereocenters. The molecule has 0 fully saturated rings. The average molecular weight is 601 g/mol. The van der Waals surface area contributed by atoms with Crippen molar-refractivity contribution in [3.8, 4) is 17.1 Å². The van der Waals surface area contributed by atoms with Gasteiger partial charge >= 0.3 is 6.18 Å². The van der Waals surface area contributed by atoms with Crippen molar-refractivity contribution in [3.05, 3.63) is 93.2 Å². The van der Waals surface area contributed by atoms with E-state index < -0.39 is 29.1 Å². The number of hydrogen-bond acceptors (Lipinski definition) is 4. The number of alkyl halides is 3. The van der Waals surface area contributed by atoms with Crippen molar-refractivity contribution in [2.24, 2.45) is 0 Å². The first-order valence-electron chi connectivity index (χ1n) is 12.5. The van der Waals surface area contributed by atoms with Gasteiger partial charge in [-0.2, -0.15) is 13.2 Å². The third-order valence-corrected chi connectivity index (χ3v) is 7.77. The Balaban J connectivity index is 1.69. The highest BCUT2D eigenvalue weighted by molar-refractivity contribution is 6.32. The third-order valence-electron chi connectivity index (χ3n) is 7.30. The zero-order chi connectivity index (χ0) is 29.4. The predicted molar refractivity (Wildman–Crippen MR) is 149 cm³/mol. The molecule has 0 radical (unpaired) electrons. The largest absolute Gasteiger partial charge is 0.496 e. The number of aromatic nitrogens is 2. The van der Waals surface area contributed by atoms with Crippen LogP contribution in [0, 0.1) is 0 Å². The van der Waals surface area contributed by atoms with E-state index in [1.54, 1.807) is 47.0 Å². The number of carbonyl (C=O) groups excluding carboxylic acids is 2. The summed E-state index contributed by atoms with van der Waals surface area (Å²) in [5, 5.41) is 3.60. The van der Waals surface area contributed by atoms with Crippen LogP contribution in [0.2, 0.25) is 10.0 Å². The molecule has 0 aliphatic carbocycles. The smallest absolute Gasteiger partial charge is 0.416 e. The van der Waals surface area contributed by atoms with Gasteiger partial charge in [0, 0.05) is 33.0 Å². The quantitative estimate of drug-likeness (QED) is 0.266. The summed E-state index contributed by atoms with van der Waals surface area (Å²) in [6.07, 6.45) is -4.59. The molecule has 210 valence electrons. The first-order chi connectivity index (χ1) is 19.4. The average Bonchev–Trinajstić information content (AvgIpc) is 3.51. The number of fused-ring (bicyclic) bond motifs is 4. The van der Waals surface area contributed by atoms with Gasteiger partial charge in [-0.3, -0.25) is 14.5 Å². The molecule has 4 aromatic rings. The van der Waals surface area contributed by atoms with Crippen molar-refractivity contribution < 1.29 is 27.5 Å². The fourth-order valence-electron chi connectivity index (χ4n) is 5.69. The van der Waals surface area contributed by atoms with Gasteiger partial charge in [-0.05, 0) is 62.4 Å². The van der Waals surface area contributed by atoms with Crippen LogP contribution in [0.3, 0.4) is 0 Å². The van der Waals surface area contributed by atoms with E-state index in [1.165, 1.54) is 18.1 Å². The molecular weight excluding hydrogens is 580 g/mol. The Morgan fingerprint density at radius 1 is 1.00 bits per heavy atom. The molecule has 7 nitrogen and oxygen atoms in total. The second-order valence-corrected chi connectivity index (χ2v) is 10.9. The topological polar surface area (TPSA) is 76.5 Å². The maximum absolute atomic E-state index is 14.3. The minimum atomic E-state index is -4.59. The predicted octanol–water partition coefficient (Wildman–Crippen LogP) is 7.32. The van der Waals surface area contributed by atoms with E-state index in [0.29, 0.717) is 27.0 Å². The number of amides is 2. The highest BCUT2D eigenvalue weighted by Gasteiger charge is 2.64. The molecule has 1 spiro atoms. The second-order valence-electron chi connectivity index (χ2n) is 9.98. The highest BCUT2D eigenvalue weighted by atomic mass is 35.5. The fraction of sp³-hybridized carbons (Fsp3) is 0.207. The van der Waals surface area contributed by atoms with E-state index in [0.717, 1.165) is 12.1 Å². The lowest BCUT2D eigenvalue weighted by Crippen LogP contribution is -2.51. The Kier molecular flexibility index (Phi) is 6.13. The number of nitrogens with one attached hydrogen (secondary N) is 1. The molecule has 0 saturated heterocycles. The molecule has 2 aliphatic rings. The third kappa shape index (κ3) is 3.84. The van der Waals surface area contributed by atoms with Crippen LogP contribution in [0.4, 0.5) is 24.5 Å². The zero-order valence-electron chi connectivity index (χ0n) is 21.8. The highest BCUT2D eigenvalue weighted by Crippen LogP contribution is 2.55. The number of ether oxygens (including phenoxy) is 1. The number of benzene rings is 3. The zero-order valence-corrected chi connectivity index (χ0v) is 23.3. The van der Waals surface area contributed by atoms with Crippen LogP contribution in [0.5, 0.6) is 5.75 Å². The van der Waals surface area contributed by atoms with Crippen LogP contribution in [0.25, 0.3) is 11.4 Å². The first-order valence-corrected chi connectivity index (χ1v) is 13.2. The van der Waals surface area contributed by atoms with Crippen LogP contribution in [-0.2, 0) is 16.5 Å². The Hall–Kier alpha value is -4.02. The van der Waals surface area contributed by atoms with Gasteiger partial charge in [0.1, 0.15) is 11.6 Å². The van der Waals surface area contributed by atoms with Crippen molar-refractivity contribution in [2.75, 3.05) is 17.3 Å².